The average molecular weight is 479 g/mol. The van der Waals surface area contributed by atoms with Gasteiger partial charge in [-0.05, 0) is 49.2 Å². The minimum atomic E-state index is -0.157. The number of H-pyrrole nitrogens is 1. The fourth-order valence-electron chi connectivity index (χ4n) is 4.15. The van der Waals surface area contributed by atoms with Crippen molar-refractivity contribution in [3.05, 3.63) is 58.8 Å². The third-order valence-corrected chi connectivity index (χ3v) is 6.38. The van der Waals surface area contributed by atoms with E-state index in [1.165, 1.54) is 32.5 Å². The first kappa shape index (κ1) is 24.1. The van der Waals surface area contributed by atoms with Gasteiger partial charge < -0.3 is 24.0 Å². The van der Waals surface area contributed by atoms with Crippen LogP contribution < -0.4 is 14.2 Å². The highest BCUT2D eigenvalue weighted by molar-refractivity contribution is 5.96. The maximum Gasteiger partial charge on any atom is 0.272 e. The van der Waals surface area contributed by atoms with Gasteiger partial charge in [0, 0.05) is 37.3 Å². The molecule has 0 bridgehead atoms. The molecule has 2 amide bonds. The first-order valence-corrected chi connectivity index (χ1v) is 11.4. The van der Waals surface area contributed by atoms with E-state index in [-0.39, 0.29) is 11.8 Å². The number of carbonyl (C=O) groups is 2. The van der Waals surface area contributed by atoms with Gasteiger partial charge in [-0.2, -0.15) is 5.10 Å². The van der Waals surface area contributed by atoms with E-state index >= 15 is 0 Å². The van der Waals surface area contributed by atoms with E-state index in [2.05, 4.69) is 30.1 Å². The first-order valence-electron chi connectivity index (χ1n) is 11.4. The molecule has 0 atom stereocenters. The maximum atomic E-state index is 13.1. The Morgan fingerprint density at radius 2 is 1.40 bits per heavy atom. The predicted octanol–water partition coefficient (Wildman–Crippen LogP) is 3.32. The number of aromatic amines is 1. The van der Waals surface area contributed by atoms with Crippen LogP contribution in [-0.2, 0) is 0 Å². The lowest BCUT2D eigenvalue weighted by Crippen LogP contribution is -2.50. The van der Waals surface area contributed by atoms with E-state index in [0.29, 0.717) is 54.7 Å². The van der Waals surface area contributed by atoms with Crippen LogP contribution in [0, 0.1) is 13.8 Å². The molecule has 1 N–H and O–H groups in total. The summed E-state index contributed by atoms with van der Waals surface area (Å²) in [5.74, 6) is 0.981. The Bertz CT molecular complexity index is 1220. The van der Waals surface area contributed by atoms with Gasteiger partial charge in [-0.15, -0.1) is 0 Å². The Kier molecular flexibility index (Phi) is 6.95. The van der Waals surface area contributed by atoms with Crippen LogP contribution in [0.25, 0.3) is 11.3 Å². The lowest BCUT2D eigenvalue weighted by Gasteiger charge is -2.34. The summed E-state index contributed by atoms with van der Waals surface area (Å²) in [6.45, 7) is 5.79. The van der Waals surface area contributed by atoms with Crippen LogP contribution in [0.3, 0.4) is 0 Å². The zero-order chi connectivity index (χ0) is 25.1. The number of aromatic nitrogens is 2. The molecular weight excluding hydrogens is 448 g/mol. The molecule has 1 fully saturated rings. The third-order valence-electron chi connectivity index (χ3n) is 6.38. The first-order chi connectivity index (χ1) is 16.9. The molecule has 1 aromatic heterocycles. The van der Waals surface area contributed by atoms with Crippen LogP contribution in [0.2, 0.25) is 0 Å². The second-order valence-electron chi connectivity index (χ2n) is 8.46. The SMILES string of the molecule is COc1cc(C(=O)N2CCN(C(=O)c3cc(-c4ccc(C)c(C)c4)n[nH]3)CC2)cc(OC)c1OC. The number of amides is 2. The van der Waals surface area contributed by atoms with Crippen LogP contribution >= 0.6 is 0 Å². The summed E-state index contributed by atoms with van der Waals surface area (Å²) < 4.78 is 16.1. The largest absolute Gasteiger partial charge is 0.493 e. The summed E-state index contributed by atoms with van der Waals surface area (Å²) in [5, 5.41) is 7.20. The van der Waals surface area contributed by atoms with Gasteiger partial charge in [0.25, 0.3) is 11.8 Å². The number of methoxy groups -OCH3 is 3. The molecule has 3 aromatic rings. The Hall–Kier alpha value is -4.01. The molecule has 0 unspecified atom stereocenters. The standard InChI is InChI=1S/C26H30N4O5/c1-16-6-7-18(12-17(16)2)20-15-21(28-27-20)26(32)30-10-8-29(9-11-30)25(31)19-13-22(33-3)24(35-5)23(14-19)34-4/h6-7,12-15H,8-11H2,1-5H3,(H,27,28). The quantitative estimate of drug-likeness (QED) is 0.584. The van der Waals surface area contributed by atoms with Gasteiger partial charge in [0.05, 0.1) is 27.0 Å². The van der Waals surface area contributed by atoms with Crippen LogP contribution in [0.5, 0.6) is 17.2 Å². The molecule has 1 aliphatic rings. The molecule has 9 nitrogen and oxygen atoms in total. The number of aryl methyl sites for hydroxylation is 2. The number of hydrogen-bond donors (Lipinski definition) is 1. The molecule has 4 rings (SSSR count). The molecule has 9 heteroatoms. The van der Waals surface area contributed by atoms with Gasteiger partial charge in [0.1, 0.15) is 5.69 Å². The predicted molar refractivity (Wildman–Crippen MR) is 131 cm³/mol. The average Bonchev–Trinajstić information content (AvgIpc) is 3.39. The molecule has 0 saturated carbocycles. The minimum absolute atomic E-state index is 0.132. The number of nitrogens with zero attached hydrogens (tertiary/aromatic N) is 3. The van der Waals surface area contributed by atoms with Crippen molar-refractivity contribution in [1.29, 1.82) is 0 Å². The third kappa shape index (κ3) is 4.80. The Morgan fingerprint density at radius 1 is 0.800 bits per heavy atom. The number of rotatable bonds is 6. The molecule has 2 heterocycles. The van der Waals surface area contributed by atoms with Gasteiger partial charge in [0.2, 0.25) is 5.75 Å². The fraction of sp³-hybridized carbons (Fsp3) is 0.346. The molecule has 35 heavy (non-hydrogen) atoms. The molecule has 0 aliphatic carbocycles. The lowest BCUT2D eigenvalue weighted by atomic mass is 10.0. The van der Waals surface area contributed by atoms with E-state index in [1.807, 2.05) is 12.1 Å². The van der Waals surface area contributed by atoms with Crippen LogP contribution in [0.4, 0.5) is 0 Å². The monoisotopic (exact) mass is 478 g/mol. The molecular formula is C26H30N4O5. The van der Waals surface area contributed by atoms with Crippen LogP contribution in [-0.4, -0.2) is 79.3 Å². The Labute approximate surface area is 204 Å². The number of carbonyl (C=O) groups excluding carboxylic acids is 2. The van der Waals surface area contributed by atoms with Crippen molar-refractivity contribution in [2.45, 2.75) is 13.8 Å². The summed E-state index contributed by atoms with van der Waals surface area (Å²) >= 11 is 0. The normalized spacial score (nSPS) is 13.5. The summed E-state index contributed by atoms with van der Waals surface area (Å²) in [7, 11) is 4.54. The minimum Gasteiger partial charge on any atom is -0.493 e. The lowest BCUT2D eigenvalue weighted by molar-refractivity contribution is 0.0532. The molecule has 1 aliphatic heterocycles. The number of ether oxygens (including phenoxy) is 3. The van der Waals surface area contributed by atoms with Gasteiger partial charge in [-0.3, -0.25) is 14.7 Å². The van der Waals surface area contributed by atoms with Crippen molar-refractivity contribution in [2.75, 3.05) is 47.5 Å². The fourth-order valence-corrected chi connectivity index (χ4v) is 4.15. The summed E-state index contributed by atoms with van der Waals surface area (Å²) in [6, 6.07) is 11.2. The number of piperazine rings is 1. The highest BCUT2D eigenvalue weighted by Crippen LogP contribution is 2.38. The zero-order valence-electron chi connectivity index (χ0n) is 20.7. The van der Waals surface area contributed by atoms with Crippen molar-refractivity contribution in [1.82, 2.24) is 20.0 Å². The Morgan fingerprint density at radius 3 is 1.94 bits per heavy atom. The zero-order valence-corrected chi connectivity index (χ0v) is 20.7. The van der Waals surface area contributed by atoms with Crippen LogP contribution in [0.15, 0.2) is 36.4 Å². The van der Waals surface area contributed by atoms with Crippen LogP contribution in [0.1, 0.15) is 32.0 Å². The van der Waals surface area contributed by atoms with E-state index in [4.69, 9.17) is 14.2 Å². The summed E-state index contributed by atoms with van der Waals surface area (Å²) in [6.07, 6.45) is 0. The number of benzene rings is 2. The van der Waals surface area contributed by atoms with Crippen molar-refractivity contribution in [3.63, 3.8) is 0 Å². The van der Waals surface area contributed by atoms with Crippen molar-refractivity contribution in [2.24, 2.45) is 0 Å². The Balaban J connectivity index is 1.43. The molecule has 1 saturated heterocycles. The molecule has 184 valence electrons. The van der Waals surface area contributed by atoms with E-state index < -0.39 is 0 Å². The van der Waals surface area contributed by atoms with Gasteiger partial charge in [-0.25, -0.2) is 0 Å². The summed E-state index contributed by atoms with van der Waals surface area (Å²) in [5.41, 5.74) is 4.94. The van der Waals surface area contributed by atoms with Gasteiger partial charge in [0.15, 0.2) is 11.5 Å². The topological polar surface area (TPSA) is 97.0 Å². The number of nitrogens with one attached hydrogen (secondary N) is 1. The van der Waals surface area contributed by atoms with E-state index in [1.54, 1.807) is 28.0 Å². The second kappa shape index (κ2) is 10.1. The van der Waals surface area contributed by atoms with Gasteiger partial charge >= 0.3 is 0 Å². The maximum absolute atomic E-state index is 13.1. The van der Waals surface area contributed by atoms with E-state index in [9.17, 15) is 9.59 Å². The van der Waals surface area contributed by atoms with Crippen molar-refractivity contribution < 1.29 is 23.8 Å². The van der Waals surface area contributed by atoms with Crippen molar-refractivity contribution >= 4 is 11.8 Å². The molecule has 2 aromatic carbocycles. The highest BCUT2D eigenvalue weighted by atomic mass is 16.5. The van der Waals surface area contributed by atoms with Gasteiger partial charge in [-0.1, -0.05) is 12.1 Å². The number of hydrogen-bond acceptors (Lipinski definition) is 6. The smallest absolute Gasteiger partial charge is 0.272 e. The molecule has 0 radical (unpaired) electrons. The summed E-state index contributed by atoms with van der Waals surface area (Å²) in [4.78, 5) is 29.7. The molecule has 0 spiro atoms. The highest BCUT2D eigenvalue weighted by Gasteiger charge is 2.28. The van der Waals surface area contributed by atoms with Crippen molar-refractivity contribution in [3.8, 4) is 28.5 Å². The second-order valence-corrected chi connectivity index (χ2v) is 8.46. The van der Waals surface area contributed by atoms with E-state index in [0.717, 1.165) is 11.3 Å².